The molecule has 0 bridgehead atoms. The van der Waals surface area contributed by atoms with E-state index in [1.165, 1.54) is 0 Å². The predicted molar refractivity (Wildman–Crippen MR) is 138 cm³/mol. The largest absolute Gasteiger partial charge is 0.444 e. The summed E-state index contributed by atoms with van der Waals surface area (Å²) in [6, 6.07) is 4.00. The SMILES string of the molecule is CC(CCNc1cccc2c1C(=O)N(C1CCC(=O)NC1=O)C2=O)OC1CCN(C(=O)OC(C)(C)C)CC1. The minimum Gasteiger partial charge on any atom is -0.444 e. The van der Waals surface area contributed by atoms with Crippen molar-refractivity contribution >= 4 is 35.4 Å². The Morgan fingerprint density at radius 3 is 2.47 bits per heavy atom. The molecule has 38 heavy (non-hydrogen) atoms. The zero-order valence-electron chi connectivity index (χ0n) is 22.4. The van der Waals surface area contributed by atoms with Gasteiger partial charge in [-0.1, -0.05) is 6.07 Å². The third kappa shape index (κ3) is 6.15. The maximum Gasteiger partial charge on any atom is 0.410 e. The van der Waals surface area contributed by atoms with E-state index in [1.54, 1.807) is 23.1 Å². The van der Waals surface area contributed by atoms with Gasteiger partial charge in [0.15, 0.2) is 0 Å². The highest BCUT2D eigenvalue weighted by Gasteiger charge is 2.45. The van der Waals surface area contributed by atoms with Gasteiger partial charge in [0.05, 0.1) is 23.3 Å². The van der Waals surface area contributed by atoms with E-state index in [1.807, 2.05) is 27.7 Å². The highest BCUT2D eigenvalue weighted by Crippen LogP contribution is 2.32. The third-order valence-corrected chi connectivity index (χ3v) is 6.85. The molecule has 5 amide bonds. The zero-order valence-corrected chi connectivity index (χ0v) is 22.4. The minimum atomic E-state index is -0.997. The summed E-state index contributed by atoms with van der Waals surface area (Å²) >= 11 is 0. The van der Waals surface area contributed by atoms with Crippen LogP contribution in [0.4, 0.5) is 10.5 Å². The molecule has 11 heteroatoms. The number of benzene rings is 1. The monoisotopic (exact) mass is 528 g/mol. The van der Waals surface area contributed by atoms with E-state index in [0.29, 0.717) is 31.7 Å². The van der Waals surface area contributed by atoms with Gasteiger partial charge in [-0.05, 0) is 65.5 Å². The van der Waals surface area contributed by atoms with Gasteiger partial charge in [0, 0.05) is 31.7 Å². The van der Waals surface area contributed by atoms with Gasteiger partial charge < -0.3 is 19.7 Å². The summed E-state index contributed by atoms with van der Waals surface area (Å²) in [7, 11) is 0. The summed E-state index contributed by atoms with van der Waals surface area (Å²) in [5.41, 5.74) is 0.482. The van der Waals surface area contributed by atoms with Crippen LogP contribution < -0.4 is 10.6 Å². The van der Waals surface area contributed by atoms with Gasteiger partial charge in [-0.25, -0.2) is 4.79 Å². The molecule has 2 saturated heterocycles. The van der Waals surface area contributed by atoms with Crippen molar-refractivity contribution in [3.63, 3.8) is 0 Å². The molecular weight excluding hydrogens is 492 g/mol. The van der Waals surface area contributed by atoms with Crippen molar-refractivity contribution in [3.8, 4) is 0 Å². The second kappa shape index (κ2) is 11.1. The van der Waals surface area contributed by atoms with Crippen LogP contribution in [0.25, 0.3) is 0 Å². The fraction of sp³-hybridized carbons (Fsp3) is 0.593. The molecule has 3 aliphatic rings. The number of ether oxygens (including phenoxy) is 2. The van der Waals surface area contributed by atoms with Crippen LogP contribution in [0.2, 0.25) is 0 Å². The molecule has 0 spiro atoms. The zero-order chi connectivity index (χ0) is 27.6. The van der Waals surface area contributed by atoms with Crippen LogP contribution in [-0.4, -0.2) is 83.0 Å². The summed E-state index contributed by atoms with van der Waals surface area (Å²) in [5, 5.41) is 5.45. The smallest absolute Gasteiger partial charge is 0.410 e. The van der Waals surface area contributed by atoms with Crippen molar-refractivity contribution in [1.29, 1.82) is 0 Å². The molecule has 206 valence electrons. The summed E-state index contributed by atoms with van der Waals surface area (Å²) in [6.07, 6.45) is 2.01. The number of rotatable bonds is 7. The Labute approximate surface area is 222 Å². The van der Waals surface area contributed by atoms with Crippen molar-refractivity contribution in [2.24, 2.45) is 0 Å². The van der Waals surface area contributed by atoms with Crippen molar-refractivity contribution in [2.45, 2.75) is 83.6 Å². The van der Waals surface area contributed by atoms with Crippen LogP contribution >= 0.6 is 0 Å². The van der Waals surface area contributed by atoms with E-state index in [4.69, 9.17) is 9.47 Å². The first kappa shape index (κ1) is 27.6. The molecule has 2 atom stereocenters. The van der Waals surface area contributed by atoms with Crippen LogP contribution in [-0.2, 0) is 19.1 Å². The summed E-state index contributed by atoms with van der Waals surface area (Å²) in [5.74, 6) is -2.11. The molecule has 0 saturated carbocycles. The van der Waals surface area contributed by atoms with Crippen molar-refractivity contribution < 1.29 is 33.4 Å². The lowest BCUT2D eigenvalue weighted by atomic mass is 10.0. The third-order valence-electron chi connectivity index (χ3n) is 6.85. The number of hydrogen-bond donors (Lipinski definition) is 2. The number of carbonyl (C=O) groups is 5. The Hall–Kier alpha value is -3.47. The average molecular weight is 529 g/mol. The maximum absolute atomic E-state index is 13.2. The molecule has 4 rings (SSSR count). The van der Waals surface area contributed by atoms with Gasteiger partial charge in [-0.15, -0.1) is 0 Å². The normalized spacial score (nSPS) is 21.3. The second-order valence-corrected chi connectivity index (χ2v) is 11.0. The summed E-state index contributed by atoms with van der Waals surface area (Å²) in [6.45, 7) is 9.21. The van der Waals surface area contributed by atoms with E-state index < -0.39 is 35.3 Å². The molecule has 2 N–H and O–H groups in total. The van der Waals surface area contributed by atoms with E-state index >= 15 is 0 Å². The molecule has 3 aliphatic heterocycles. The molecule has 1 aromatic rings. The lowest BCUT2D eigenvalue weighted by molar-refractivity contribution is -0.136. The van der Waals surface area contributed by atoms with Gasteiger partial charge in [-0.2, -0.15) is 0 Å². The van der Waals surface area contributed by atoms with Gasteiger partial charge in [0.25, 0.3) is 11.8 Å². The number of anilines is 1. The highest BCUT2D eigenvalue weighted by molar-refractivity contribution is 6.25. The van der Waals surface area contributed by atoms with Crippen molar-refractivity contribution in [1.82, 2.24) is 15.1 Å². The molecule has 0 aromatic heterocycles. The number of carbonyl (C=O) groups excluding carboxylic acids is 5. The molecule has 3 heterocycles. The second-order valence-electron chi connectivity index (χ2n) is 11.0. The number of piperidine rings is 2. The van der Waals surface area contributed by atoms with Gasteiger partial charge in [0.2, 0.25) is 11.8 Å². The molecule has 2 unspecified atom stereocenters. The Balaban J connectivity index is 1.27. The number of nitrogens with one attached hydrogen (secondary N) is 2. The Morgan fingerprint density at radius 1 is 1.11 bits per heavy atom. The topological polar surface area (TPSA) is 134 Å². The quantitative estimate of drug-likeness (QED) is 0.516. The molecule has 1 aromatic carbocycles. The number of hydrogen-bond acceptors (Lipinski definition) is 8. The average Bonchev–Trinajstić information content (AvgIpc) is 3.09. The van der Waals surface area contributed by atoms with Crippen molar-refractivity contribution in [2.75, 3.05) is 25.0 Å². The lowest BCUT2D eigenvalue weighted by Gasteiger charge is -2.34. The fourth-order valence-electron chi connectivity index (χ4n) is 4.97. The Morgan fingerprint density at radius 2 is 1.82 bits per heavy atom. The molecule has 0 radical (unpaired) electrons. The first-order valence-electron chi connectivity index (χ1n) is 13.2. The predicted octanol–water partition coefficient (Wildman–Crippen LogP) is 2.69. The van der Waals surface area contributed by atoms with Gasteiger partial charge in [-0.3, -0.25) is 29.4 Å². The number of amides is 5. The fourth-order valence-corrected chi connectivity index (χ4v) is 4.97. The lowest BCUT2D eigenvalue weighted by Crippen LogP contribution is -2.54. The van der Waals surface area contributed by atoms with Gasteiger partial charge >= 0.3 is 6.09 Å². The van der Waals surface area contributed by atoms with E-state index in [0.717, 1.165) is 17.7 Å². The molecule has 11 nitrogen and oxygen atoms in total. The number of fused-ring (bicyclic) bond motifs is 1. The van der Waals surface area contributed by atoms with Crippen LogP contribution in [0.3, 0.4) is 0 Å². The van der Waals surface area contributed by atoms with Crippen molar-refractivity contribution in [3.05, 3.63) is 29.3 Å². The summed E-state index contributed by atoms with van der Waals surface area (Å²) in [4.78, 5) is 64.9. The minimum absolute atomic E-state index is 0.0472. The van der Waals surface area contributed by atoms with Crippen LogP contribution in [0.15, 0.2) is 18.2 Å². The molecule has 0 aliphatic carbocycles. The molecule has 2 fully saturated rings. The number of nitrogens with zero attached hydrogens (tertiary/aromatic N) is 2. The first-order valence-corrected chi connectivity index (χ1v) is 13.2. The Kier molecular flexibility index (Phi) is 8.05. The maximum atomic E-state index is 13.2. The van der Waals surface area contributed by atoms with E-state index in [2.05, 4.69) is 10.6 Å². The number of imide groups is 2. The first-order chi connectivity index (χ1) is 17.9. The summed E-state index contributed by atoms with van der Waals surface area (Å²) < 4.78 is 11.6. The Bertz CT molecular complexity index is 1120. The molecular formula is C27H36N4O7. The standard InChI is InChI=1S/C27H36N4O7/c1-16(37-17-11-14-30(15-12-17)26(36)38-27(2,3)4)10-13-28-19-7-5-6-18-22(19)25(35)31(24(18)34)20-8-9-21(32)29-23(20)33/h5-7,16-17,20,28H,8-15H2,1-4H3,(H,29,32,33). The van der Waals surface area contributed by atoms with Crippen LogP contribution in [0.1, 0.15) is 80.5 Å². The van der Waals surface area contributed by atoms with E-state index in [9.17, 15) is 24.0 Å². The highest BCUT2D eigenvalue weighted by atomic mass is 16.6. The number of likely N-dealkylation sites (tertiary alicyclic amines) is 1. The van der Waals surface area contributed by atoms with Crippen LogP contribution in [0, 0.1) is 0 Å². The van der Waals surface area contributed by atoms with Crippen LogP contribution in [0.5, 0.6) is 0 Å². The van der Waals surface area contributed by atoms with E-state index in [-0.39, 0.29) is 42.3 Å². The van der Waals surface area contributed by atoms with Gasteiger partial charge in [0.1, 0.15) is 11.6 Å².